The van der Waals surface area contributed by atoms with Gasteiger partial charge in [0.15, 0.2) is 0 Å². The fraction of sp³-hybridized carbons (Fsp3) is 0. The third-order valence-corrected chi connectivity index (χ3v) is 14.4. The van der Waals surface area contributed by atoms with Gasteiger partial charge in [-0.3, -0.25) is 0 Å². The molecule has 0 aliphatic carbocycles. The van der Waals surface area contributed by atoms with Gasteiger partial charge in [-0.15, -0.1) is 22.7 Å². The molecule has 13 aromatic rings. The molecule has 4 nitrogen and oxygen atoms in total. The average Bonchev–Trinajstić information content (AvgIpc) is 4.03. The molecule has 58 heavy (non-hydrogen) atoms. The number of hydrogen-bond acceptors (Lipinski definition) is 3. The summed E-state index contributed by atoms with van der Waals surface area (Å²) in [5, 5.41) is 25.3. The maximum absolute atomic E-state index is 11.2. The fourth-order valence-corrected chi connectivity index (χ4v) is 12.0. The average molecular weight is 771 g/mol. The summed E-state index contributed by atoms with van der Waals surface area (Å²) in [5.74, 6) is 0. The minimum Gasteiger partial charge on any atom is -0.318 e. The molecule has 0 bridgehead atoms. The Kier molecular flexibility index (Phi) is 6.30. The van der Waals surface area contributed by atoms with E-state index in [1.807, 2.05) is 12.1 Å². The molecule has 0 saturated carbocycles. The summed E-state index contributed by atoms with van der Waals surface area (Å²) in [4.78, 5) is 4.28. The lowest BCUT2D eigenvalue weighted by Gasteiger charge is -2.16. The summed E-state index contributed by atoms with van der Waals surface area (Å²) >= 11 is 3.60. The van der Waals surface area contributed by atoms with Crippen molar-refractivity contribution < 1.29 is 0 Å². The third kappa shape index (κ3) is 4.05. The summed E-state index contributed by atoms with van der Waals surface area (Å²) < 4.78 is 9.33. The number of hydrogen-bond donors (Lipinski definition) is 0. The van der Waals surface area contributed by atoms with E-state index in [0.29, 0.717) is 22.6 Å². The second kappa shape index (κ2) is 11.5. The monoisotopic (exact) mass is 770 g/mol. The number of rotatable bonds is 2. The van der Waals surface area contributed by atoms with Crippen molar-refractivity contribution in [2.24, 2.45) is 0 Å². The molecule has 0 fully saturated rings. The van der Waals surface area contributed by atoms with Crippen LogP contribution < -0.4 is 0 Å². The van der Waals surface area contributed by atoms with Crippen LogP contribution in [0.2, 0.25) is 0 Å². The van der Waals surface area contributed by atoms with E-state index < -0.39 is 0 Å². The number of nitrogens with zero attached hydrogens (tertiary/aromatic N) is 4. The first kappa shape index (κ1) is 31.7. The van der Waals surface area contributed by atoms with Crippen LogP contribution in [-0.2, 0) is 0 Å². The van der Waals surface area contributed by atoms with Crippen molar-refractivity contribution >= 4 is 134 Å². The molecule has 0 saturated heterocycles. The molecule has 6 heteroatoms. The molecule has 0 N–H and O–H groups in total. The lowest BCUT2D eigenvalue weighted by Crippen LogP contribution is -2.02. The largest absolute Gasteiger partial charge is 0.318 e. The van der Waals surface area contributed by atoms with Gasteiger partial charge >= 0.3 is 0 Å². The molecule has 0 unspecified atom stereocenters. The normalized spacial score (nSPS) is 12.1. The van der Waals surface area contributed by atoms with Crippen LogP contribution in [0, 0.1) is 17.9 Å². The van der Waals surface area contributed by atoms with Crippen LogP contribution >= 0.6 is 22.7 Å². The Balaban J connectivity index is 1.19. The van der Waals surface area contributed by atoms with E-state index in [4.69, 9.17) is 6.57 Å². The number of aromatic nitrogens is 2. The van der Waals surface area contributed by atoms with Gasteiger partial charge in [0, 0.05) is 61.9 Å². The number of benzene rings is 9. The number of thiophene rings is 2. The highest BCUT2D eigenvalue weighted by molar-refractivity contribution is 7.26. The second-order valence-corrected chi connectivity index (χ2v) is 17.1. The van der Waals surface area contributed by atoms with Crippen LogP contribution in [0.5, 0.6) is 0 Å². The third-order valence-electron chi connectivity index (χ3n) is 12.1. The van der Waals surface area contributed by atoms with Crippen molar-refractivity contribution in [3.63, 3.8) is 0 Å². The fourth-order valence-electron chi connectivity index (χ4n) is 9.77. The standard InChI is InChI=1S/C52H26N4S2/c1-54-38-27-41(55-39-16-8-6-14-34(39)36-20-24-45-49(51(36)55)47-32-12-4-2-10-29(32)18-22-43(47)57-45)31(28-53)26-42(38)56-40-17-9-7-15-35(40)37-21-25-46-50(52(37)56)48-33-13-5-3-11-30(33)19-23-44(48)58-46/h2-27H. The van der Waals surface area contributed by atoms with Crippen LogP contribution in [0.1, 0.15) is 5.56 Å². The Morgan fingerprint density at radius 2 is 0.897 bits per heavy atom. The molecule has 0 amide bonds. The first-order valence-electron chi connectivity index (χ1n) is 19.2. The van der Waals surface area contributed by atoms with E-state index >= 15 is 0 Å². The van der Waals surface area contributed by atoms with Crippen LogP contribution in [0.25, 0.3) is 122 Å². The van der Waals surface area contributed by atoms with Crippen LogP contribution in [0.15, 0.2) is 158 Å². The Labute approximate surface area is 338 Å². The Bertz CT molecular complexity index is 3800. The highest BCUT2D eigenvalue weighted by Crippen LogP contribution is 2.49. The van der Waals surface area contributed by atoms with Gasteiger partial charge in [0.1, 0.15) is 6.07 Å². The first-order valence-corrected chi connectivity index (χ1v) is 20.8. The van der Waals surface area contributed by atoms with E-state index in [9.17, 15) is 5.26 Å². The minimum absolute atomic E-state index is 0.483. The zero-order valence-electron chi connectivity index (χ0n) is 30.6. The number of para-hydroxylation sites is 2. The van der Waals surface area contributed by atoms with E-state index in [1.165, 1.54) is 61.9 Å². The quantitative estimate of drug-likeness (QED) is 0.161. The van der Waals surface area contributed by atoms with Gasteiger partial charge in [-0.25, -0.2) is 4.85 Å². The molecule has 266 valence electrons. The van der Waals surface area contributed by atoms with E-state index in [1.54, 1.807) is 22.7 Å². The Morgan fingerprint density at radius 1 is 0.448 bits per heavy atom. The van der Waals surface area contributed by atoms with Crippen LogP contribution in [0.3, 0.4) is 0 Å². The second-order valence-electron chi connectivity index (χ2n) is 15.0. The van der Waals surface area contributed by atoms with E-state index in [-0.39, 0.29) is 0 Å². The van der Waals surface area contributed by atoms with Crippen molar-refractivity contribution in [1.82, 2.24) is 9.13 Å². The van der Waals surface area contributed by atoms with Gasteiger partial charge < -0.3 is 9.13 Å². The zero-order valence-corrected chi connectivity index (χ0v) is 32.2. The molecule has 13 rings (SSSR count). The summed E-state index contributed by atoms with van der Waals surface area (Å²) in [6, 6.07) is 58.4. The smallest absolute Gasteiger partial charge is 0.212 e. The molecule has 0 aliphatic rings. The predicted octanol–water partition coefficient (Wildman–Crippen LogP) is 15.3. The van der Waals surface area contributed by atoms with Gasteiger partial charge in [-0.1, -0.05) is 109 Å². The predicted molar refractivity (Wildman–Crippen MR) is 247 cm³/mol. The van der Waals surface area contributed by atoms with E-state index in [2.05, 4.69) is 166 Å². The van der Waals surface area contributed by atoms with Crippen molar-refractivity contribution in [3.05, 3.63) is 175 Å². The lowest BCUT2D eigenvalue weighted by atomic mass is 10.0. The Morgan fingerprint density at radius 3 is 1.41 bits per heavy atom. The van der Waals surface area contributed by atoms with Crippen molar-refractivity contribution in [3.8, 4) is 17.4 Å². The molecular weight excluding hydrogens is 745 g/mol. The molecule has 0 atom stereocenters. The van der Waals surface area contributed by atoms with Crippen LogP contribution in [-0.4, -0.2) is 9.13 Å². The van der Waals surface area contributed by atoms with Gasteiger partial charge in [0.05, 0.1) is 45.6 Å². The van der Waals surface area contributed by atoms with Gasteiger partial charge in [-0.05, 0) is 70.1 Å². The highest BCUT2D eigenvalue weighted by atomic mass is 32.1. The topological polar surface area (TPSA) is 38.0 Å². The van der Waals surface area contributed by atoms with Crippen molar-refractivity contribution in [1.29, 1.82) is 5.26 Å². The number of nitriles is 1. The summed E-state index contributed by atoms with van der Waals surface area (Å²) in [7, 11) is 0. The minimum atomic E-state index is 0.483. The summed E-state index contributed by atoms with van der Waals surface area (Å²) in [5.41, 5.74) is 6.50. The molecular formula is C52H26N4S2. The van der Waals surface area contributed by atoms with E-state index in [0.717, 1.165) is 43.6 Å². The molecule has 4 aromatic heterocycles. The summed E-state index contributed by atoms with van der Waals surface area (Å²) in [6.07, 6.45) is 0. The molecule has 9 aromatic carbocycles. The Hall–Kier alpha value is -7.48. The van der Waals surface area contributed by atoms with Crippen LogP contribution in [0.4, 0.5) is 5.69 Å². The summed E-state index contributed by atoms with van der Waals surface area (Å²) in [6.45, 7) is 8.78. The maximum Gasteiger partial charge on any atom is 0.212 e. The van der Waals surface area contributed by atoms with Gasteiger partial charge in [-0.2, -0.15) is 5.26 Å². The van der Waals surface area contributed by atoms with Crippen molar-refractivity contribution in [2.45, 2.75) is 0 Å². The molecule has 0 radical (unpaired) electrons. The van der Waals surface area contributed by atoms with Gasteiger partial charge in [0.2, 0.25) is 5.69 Å². The molecule has 0 aliphatic heterocycles. The van der Waals surface area contributed by atoms with Gasteiger partial charge in [0.25, 0.3) is 0 Å². The van der Waals surface area contributed by atoms with Crippen molar-refractivity contribution in [2.75, 3.05) is 0 Å². The zero-order chi connectivity index (χ0) is 38.2. The number of fused-ring (bicyclic) bond motifs is 18. The first-order chi connectivity index (χ1) is 28.7. The lowest BCUT2D eigenvalue weighted by molar-refractivity contribution is 1.15. The maximum atomic E-state index is 11.2. The highest BCUT2D eigenvalue weighted by Gasteiger charge is 2.25. The SMILES string of the molecule is [C-]#[N+]c1cc(-n2c3ccccc3c3ccc4sc5ccc6ccccc6c5c4c32)c(C#N)cc1-n1c2ccccc2c2ccc3sc4ccc5ccccc5c4c3c21. The molecule has 0 spiro atoms. The molecule has 4 heterocycles.